The van der Waals surface area contributed by atoms with Gasteiger partial charge in [-0.1, -0.05) is 6.92 Å². The molecular formula is C12H16F2N2O. The summed E-state index contributed by atoms with van der Waals surface area (Å²) < 4.78 is 25.9. The van der Waals surface area contributed by atoms with Gasteiger partial charge < -0.3 is 11.1 Å². The van der Waals surface area contributed by atoms with Crippen molar-refractivity contribution >= 4 is 5.91 Å². The molecule has 0 aromatic heterocycles. The highest BCUT2D eigenvalue weighted by atomic mass is 19.1. The van der Waals surface area contributed by atoms with Gasteiger partial charge in [0.05, 0.1) is 0 Å². The number of benzene rings is 1. The van der Waals surface area contributed by atoms with E-state index in [-0.39, 0.29) is 12.1 Å². The predicted octanol–water partition coefficient (Wildman–Crippen LogP) is 1.82. The molecule has 3 N–H and O–H groups in total. The lowest BCUT2D eigenvalue weighted by Gasteiger charge is -2.27. The maximum Gasteiger partial charge on any atom is 0.251 e. The molecule has 0 aliphatic rings. The van der Waals surface area contributed by atoms with Gasteiger partial charge in [-0.2, -0.15) is 0 Å². The van der Waals surface area contributed by atoms with Crippen molar-refractivity contribution < 1.29 is 13.6 Å². The smallest absolute Gasteiger partial charge is 0.251 e. The van der Waals surface area contributed by atoms with Crippen molar-refractivity contribution in [2.24, 2.45) is 5.73 Å². The number of hydrogen-bond donors (Lipinski definition) is 2. The van der Waals surface area contributed by atoms with Crippen molar-refractivity contribution in [1.29, 1.82) is 0 Å². The lowest BCUT2D eigenvalue weighted by atomic mass is 9.98. The van der Waals surface area contributed by atoms with Gasteiger partial charge in [-0.05, 0) is 25.5 Å². The second-order valence-corrected chi connectivity index (χ2v) is 4.23. The highest BCUT2D eigenvalue weighted by Crippen LogP contribution is 2.11. The third-order valence-corrected chi connectivity index (χ3v) is 2.77. The van der Waals surface area contributed by atoms with Gasteiger partial charge >= 0.3 is 0 Å². The highest BCUT2D eigenvalue weighted by molar-refractivity contribution is 5.94. The number of nitrogens with two attached hydrogens (primary N) is 1. The Balaban J connectivity index is 2.90. The second-order valence-electron chi connectivity index (χ2n) is 4.23. The molecule has 0 spiro atoms. The zero-order chi connectivity index (χ0) is 13.1. The third-order valence-electron chi connectivity index (χ3n) is 2.77. The molecule has 5 heteroatoms. The average molecular weight is 242 g/mol. The van der Waals surface area contributed by atoms with Gasteiger partial charge in [-0.25, -0.2) is 8.78 Å². The van der Waals surface area contributed by atoms with Crippen LogP contribution < -0.4 is 11.1 Å². The van der Waals surface area contributed by atoms with E-state index in [0.717, 1.165) is 18.2 Å². The molecule has 3 nitrogen and oxygen atoms in total. The van der Waals surface area contributed by atoms with Crippen molar-refractivity contribution in [3.63, 3.8) is 0 Å². The summed E-state index contributed by atoms with van der Waals surface area (Å²) in [7, 11) is 0. The number of nitrogens with one attached hydrogen (secondary N) is 1. The number of hydrogen-bond acceptors (Lipinski definition) is 2. The van der Waals surface area contributed by atoms with E-state index in [1.165, 1.54) is 0 Å². The molecule has 1 amide bonds. The molecule has 1 aromatic carbocycles. The zero-order valence-electron chi connectivity index (χ0n) is 9.89. The van der Waals surface area contributed by atoms with Crippen LogP contribution >= 0.6 is 0 Å². The maximum atomic E-state index is 12.9. The lowest BCUT2D eigenvalue weighted by molar-refractivity contribution is 0.0905. The Hall–Kier alpha value is -1.49. The summed E-state index contributed by atoms with van der Waals surface area (Å²) in [6, 6.07) is 2.70. The Morgan fingerprint density at radius 1 is 1.35 bits per heavy atom. The normalized spacial score (nSPS) is 14.2. The van der Waals surface area contributed by atoms with Gasteiger partial charge in [0.25, 0.3) is 5.91 Å². The van der Waals surface area contributed by atoms with Crippen molar-refractivity contribution in [1.82, 2.24) is 5.32 Å². The number of carbonyl (C=O) groups is 1. The van der Waals surface area contributed by atoms with E-state index in [0.29, 0.717) is 6.42 Å². The minimum absolute atomic E-state index is 0.0457. The highest BCUT2D eigenvalue weighted by Gasteiger charge is 2.23. The van der Waals surface area contributed by atoms with Crippen LogP contribution in [0.15, 0.2) is 18.2 Å². The van der Waals surface area contributed by atoms with E-state index in [1.54, 1.807) is 6.92 Å². The molecule has 94 valence electrons. The van der Waals surface area contributed by atoms with Crippen LogP contribution in [0.2, 0.25) is 0 Å². The number of amides is 1. The summed E-state index contributed by atoms with van der Waals surface area (Å²) in [6.45, 7) is 3.91. The SMILES string of the molecule is CCC(C)(CN)NC(=O)c1cc(F)cc(F)c1. The van der Waals surface area contributed by atoms with Crippen LogP contribution in [0.5, 0.6) is 0 Å². The molecule has 0 bridgehead atoms. The van der Waals surface area contributed by atoms with E-state index < -0.39 is 23.1 Å². The van der Waals surface area contributed by atoms with Crippen LogP contribution in [0, 0.1) is 11.6 Å². The zero-order valence-corrected chi connectivity index (χ0v) is 9.89. The van der Waals surface area contributed by atoms with Crippen LogP contribution in [0.3, 0.4) is 0 Å². The average Bonchev–Trinajstić information content (AvgIpc) is 2.27. The molecule has 1 rings (SSSR count). The quantitative estimate of drug-likeness (QED) is 0.846. The number of carbonyl (C=O) groups excluding carboxylic acids is 1. The van der Waals surface area contributed by atoms with Crippen LogP contribution in [0.25, 0.3) is 0 Å². The summed E-state index contributed by atoms with van der Waals surface area (Å²) in [6.07, 6.45) is 0.632. The Kier molecular flexibility index (Phi) is 4.17. The van der Waals surface area contributed by atoms with Crippen molar-refractivity contribution in [2.45, 2.75) is 25.8 Å². The Labute approximate surface area is 99.0 Å². The lowest BCUT2D eigenvalue weighted by Crippen LogP contribution is -2.50. The van der Waals surface area contributed by atoms with Gasteiger partial charge in [0.15, 0.2) is 0 Å². The van der Waals surface area contributed by atoms with Crippen LogP contribution in [-0.4, -0.2) is 18.0 Å². The van der Waals surface area contributed by atoms with E-state index >= 15 is 0 Å². The maximum absolute atomic E-state index is 12.9. The molecular weight excluding hydrogens is 226 g/mol. The summed E-state index contributed by atoms with van der Waals surface area (Å²) in [5.41, 5.74) is 4.93. The first kappa shape index (κ1) is 13.6. The van der Waals surface area contributed by atoms with E-state index in [2.05, 4.69) is 5.32 Å². The summed E-state index contributed by atoms with van der Waals surface area (Å²) in [5.74, 6) is -2.08. The van der Waals surface area contributed by atoms with Gasteiger partial charge in [-0.3, -0.25) is 4.79 Å². The van der Waals surface area contributed by atoms with Gasteiger partial charge in [0, 0.05) is 23.7 Å². The molecule has 0 saturated heterocycles. The molecule has 0 radical (unpaired) electrons. The van der Waals surface area contributed by atoms with E-state index in [4.69, 9.17) is 5.73 Å². The Morgan fingerprint density at radius 3 is 2.29 bits per heavy atom. The second kappa shape index (κ2) is 5.23. The minimum Gasteiger partial charge on any atom is -0.346 e. The number of rotatable bonds is 4. The van der Waals surface area contributed by atoms with Crippen LogP contribution in [-0.2, 0) is 0 Å². The fraction of sp³-hybridized carbons (Fsp3) is 0.417. The molecule has 0 heterocycles. The summed E-state index contributed by atoms with van der Waals surface area (Å²) in [4.78, 5) is 11.8. The number of halogens is 2. The topological polar surface area (TPSA) is 55.1 Å². The molecule has 0 aliphatic carbocycles. The van der Waals surface area contributed by atoms with Crippen molar-refractivity contribution in [3.05, 3.63) is 35.4 Å². The fourth-order valence-corrected chi connectivity index (χ4v) is 1.31. The molecule has 0 fully saturated rings. The standard InChI is InChI=1S/C12H16F2N2O/c1-3-12(2,7-15)16-11(17)8-4-9(13)6-10(14)5-8/h4-6H,3,7,15H2,1-2H3,(H,16,17). The molecule has 1 atom stereocenters. The molecule has 1 unspecified atom stereocenters. The predicted molar refractivity (Wildman–Crippen MR) is 61.6 cm³/mol. The van der Waals surface area contributed by atoms with Crippen molar-refractivity contribution in [2.75, 3.05) is 6.54 Å². The van der Waals surface area contributed by atoms with Gasteiger partial charge in [-0.15, -0.1) is 0 Å². The van der Waals surface area contributed by atoms with Crippen molar-refractivity contribution in [3.8, 4) is 0 Å². The molecule has 0 aliphatic heterocycles. The van der Waals surface area contributed by atoms with Crippen LogP contribution in [0.4, 0.5) is 8.78 Å². The Morgan fingerprint density at radius 2 is 1.88 bits per heavy atom. The summed E-state index contributed by atoms with van der Waals surface area (Å²) in [5, 5.41) is 2.67. The van der Waals surface area contributed by atoms with E-state index in [1.807, 2.05) is 6.92 Å². The van der Waals surface area contributed by atoms with Gasteiger partial charge in [0.1, 0.15) is 11.6 Å². The fourth-order valence-electron chi connectivity index (χ4n) is 1.31. The first-order chi connectivity index (χ1) is 7.90. The van der Waals surface area contributed by atoms with Crippen LogP contribution in [0.1, 0.15) is 30.6 Å². The molecule has 0 saturated carbocycles. The minimum atomic E-state index is -0.777. The monoisotopic (exact) mass is 242 g/mol. The molecule has 1 aromatic rings. The first-order valence-electron chi connectivity index (χ1n) is 5.39. The summed E-state index contributed by atoms with van der Waals surface area (Å²) >= 11 is 0. The first-order valence-corrected chi connectivity index (χ1v) is 5.39. The largest absolute Gasteiger partial charge is 0.346 e. The van der Waals surface area contributed by atoms with Gasteiger partial charge in [0.2, 0.25) is 0 Å². The van der Waals surface area contributed by atoms with E-state index in [9.17, 15) is 13.6 Å². The third kappa shape index (κ3) is 3.49. The Bertz CT molecular complexity index is 397. The molecule has 17 heavy (non-hydrogen) atoms.